The minimum Gasteiger partial charge on any atom is -0.339 e. The third-order valence-corrected chi connectivity index (χ3v) is 3.98. The van der Waals surface area contributed by atoms with Gasteiger partial charge in [0.25, 0.3) is 11.6 Å². The molecule has 1 aromatic rings. The average Bonchev–Trinajstić information content (AvgIpc) is 2.36. The molecule has 0 heterocycles. The lowest BCUT2D eigenvalue weighted by molar-refractivity contribution is -0.384. The molecule has 1 amide bonds. The van der Waals surface area contributed by atoms with E-state index in [0.717, 1.165) is 0 Å². The molecule has 1 aromatic carbocycles. The summed E-state index contributed by atoms with van der Waals surface area (Å²) in [4.78, 5) is 24.2. The zero-order valence-electron chi connectivity index (χ0n) is 11.4. The molecular weight excluding hydrogens is 312 g/mol. The summed E-state index contributed by atoms with van der Waals surface area (Å²) in [6, 6.07) is 4.25. The van der Waals surface area contributed by atoms with E-state index in [0.29, 0.717) is 16.0 Å². The van der Waals surface area contributed by atoms with Gasteiger partial charge in [-0.2, -0.15) is 0 Å². The molecule has 0 fully saturated rings. The highest BCUT2D eigenvalue weighted by atomic mass is 79.9. The maximum atomic E-state index is 12.4. The fourth-order valence-corrected chi connectivity index (χ4v) is 2.03. The first-order chi connectivity index (χ1) is 8.75. The molecule has 0 aromatic heterocycles. The Bertz CT molecular complexity index is 503. The van der Waals surface area contributed by atoms with Gasteiger partial charge in [-0.3, -0.25) is 14.9 Å². The zero-order valence-corrected chi connectivity index (χ0v) is 13.0. The van der Waals surface area contributed by atoms with Crippen LogP contribution in [0.5, 0.6) is 0 Å². The van der Waals surface area contributed by atoms with Crippen LogP contribution in [0, 0.1) is 16.0 Å². The summed E-state index contributed by atoms with van der Waals surface area (Å²) >= 11 is 3.26. The molecular formula is C13H17BrN2O3. The molecule has 0 radical (unpaired) electrons. The lowest BCUT2D eigenvalue weighted by atomic mass is 10.0. The van der Waals surface area contributed by atoms with Crippen molar-refractivity contribution in [2.75, 3.05) is 7.05 Å². The predicted octanol–water partition coefficient (Wildman–Crippen LogP) is 3.47. The standard InChI is InChI=1S/C13H17BrN2O3/c1-8(2)9(3)15(4)13(17)11-7-10(16(18)19)5-6-12(11)14/h5-9H,1-4H3. The summed E-state index contributed by atoms with van der Waals surface area (Å²) in [5.41, 5.74) is 0.223. The van der Waals surface area contributed by atoms with Gasteiger partial charge in [0, 0.05) is 29.7 Å². The van der Waals surface area contributed by atoms with E-state index in [2.05, 4.69) is 15.9 Å². The smallest absolute Gasteiger partial charge is 0.270 e. The van der Waals surface area contributed by atoms with Crippen molar-refractivity contribution in [3.05, 3.63) is 38.3 Å². The Morgan fingerprint density at radius 1 is 1.37 bits per heavy atom. The molecule has 1 unspecified atom stereocenters. The van der Waals surface area contributed by atoms with Gasteiger partial charge in [-0.25, -0.2) is 0 Å². The molecule has 0 saturated carbocycles. The van der Waals surface area contributed by atoms with Crippen molar-refractivity contribution in [3.8, 4) is 0 Å². The van der Waals surface area contributed by atoms with Crippen LogP contribution in [-0.4, -0.2) is 28.8 Å². The Labute approximate surface area is 120 Å². The van der Waals surface area contributed by atoms with Gasteiger partial charge in [-0.05, 0) is 34.8 Å². The number of nitrogens with zero attached hydrogens (tertiary/aromatic N) is 2. The molecule has 6 heteroatoms. The molecule has 104 valence electrons. The highest BCUT2D eigenvalue weighted by molar-refractivity contribution is 9.10. The van der Waals surface area contributed by atoms with E-state index in [-0.39, 0.29) is 17.6 Å². The van der Waals surface area contributed by atoms with E-state index in [4.69, 9.17) is 0 Å². The predicted molar refractivity (Wildman–Crippen MR) is 77.2 cm³/mol. The molecule has 0 saturated heterocycles. The Morgan fingerprint density at radius 2 is 1.95 bits per heavy atom. The summed E-state index contributed by atoms with van der Waals surface area (Å²) in [5, 5.41) is 10.8. The Morgan fingerprint density at radius 3 is 2.42 bits per heavy atom. The van der Waals surface area contributed by atoms with E-state index in [1.807, 2.05) is 20.8 Å². The largest absolute Gasteiger partial charge is 0.339 e. The molecule has 0 aliphatic rings. The van der Waals surface area contributed by atoms with E-state index < -0.39 is 4.92 Å². The average molecular weight is 329 g/mol. The molecule has 19 heavy (non-hydrogen) atoms. The lowest BCUT2D eigenvalue weighted by Gasteiger charge is -2.28. The number of benzene rings is 1. The van der Waals surface area contributed by atoms with Crippen LogP contribution in [0.2, 0.25) is 0 Å². The highest BCUT2D eigenvalue weighted by Crippen LogP contribution is 2.24. The highest BCUT2D eigenvalue weighted by Gasteiger charge is 2.23. The van der Waals surface area contributed by atoms with E-state index in [9.17, 15) is 14.9 Å². The molecule has 1 rings (SSSR count). The van der Waals surface area contributed by atoms with E-state index in [1.54, 1.807) is 11.9 Å². The SMILES string of the molecule is CC(C)C(C)N(C)C(=O)c1cc([N+](=O)[O-])ccc1Br. The number of hydrogen-bond donors (Lipinski definition) is 0. The first-order valence-electron chi connectivity index (χ1n) is 5.96. The summed E-state index contributed by atoms with van der Waals surface area (Å²) < 4.78 is 0.561. The summed E-state index contributed by atoms with van der Waals surface area (Å²) in [6.45, 7) is 6.00. The van der Waals surface area contributed by atoms with Gasteiger partial charge in [0.05, 0.1) is 10.5 Å². The summed E-state index contributed by atoms with van der Waals surface area (Å²) in [5.74, 6) is 0.0863. The van der Waals surface area contributed by atoms with Crippen LogP contribution in [0.4, 0.5) is 5.69 Å². The number of halogens is 1. The van der Waals surface area contributed by atoms with E-state index >= 15 is 0 Å². The maximum absolute atomic E-state index is 12.4. The van der Waals surface area contributed by atoms with Crippen LogP contribution < -0.4 is 0 Å². The topological polar surface area (TPSA) is 63.5 Å². The maximum Gasteiger partial charge on any atom is 0.270 e. The van der Waals surface area contributed by atoms with Crippen molar-refractivity contribution in [2.45, 2.75) is 26.8 Å². The number of nitro groups is 1. The van der Waals surface area contributed by atoms with Crippen LogP contribution in [0.15, 0.2) is 22.7 Å². The number of non-ortho nitro benzene ring substituents is 1. The second-order valence-electron chi connectivity index (χ2n) is 4.82. The quantitative estimate of drug-likeness (QED) is 0.627. The van der Waals surface area contributed by atoms with Crippen LogP contribution >= 0.6 is 15.9 Å². The number of rotatable bonds is 4. The minimum atomic E-state index is -0.505. The van der Waals surface area contributed by atoms with Crippen molar-refractivity contribution in [1.29, 1.82) is 0 Å². The first-order valence-corrected chi connectivity index (χ1v) is 6.76. The second kappa shape index (κ2) is 6.14. The summed E-state index contributed by atoms with van der Waals surface area (Å²) in [7, 11) is 1.71. The van der Waals surface area contributed by atoms with Gasteiger partial charge in [0.2, 0.25) is 0 Å². The van der Waals surface area contributed by atoms with E-state index in [1.165, 1.54) is 18.2 Å². The molecule has 5 nitrogen and oxygen atoms in total. The lowest BCUT2D eigenvalue weighted by Crippen LogP contribution is -2.38. The van der Waals surface area contributed by atoms with Crippen molar-refractivity contribution in [1.82, 2.24) is 4.90 Å². The number of amides is 1. The third kappa shape index (κ3) is 3.53. The monoisotopic (exact) mass is 328 g/mol. The fourth-order valence-electron chi connectivity index (χ4n) is 1.61. The van der Waals surface area contributed by atoms with Crippen LogP contribution in [0.1, 0.15) is 31.1 Å². The Kier molecular flexibility index (Phi) is 5.05. The molecule has 1 atom stereocenters. The van der Waals surface area contributed by atoms with Crippen LogP contribution in [-0.2, 0) is 0 Å². The van der Waals surface area contributed by atoms with Crippen molar-refractivity contribution >= 4 is 27.5 Å². The first kappa shape index (κ1) is 15.6. The number of hydrogen-bond acceptors (Lipinski definition) is 3. The number of carbonyl (C=O) groups excluding carboxylic acids is 1. The number of carbonyl (C=O) groups is 1. The van der Waals surface area contributed by atoms with Gasteiger partial charge < -0.3 is 4.90 Å². The normalized spacial score (nSPS) is 12.3. The molecule has 0 aliphatic carbocycles. The molecule has 0 spiro atoms. The molecule has 0 N–H and O–H groups in total. The number of nitro benzene ring substituents is 1. The third-order valence-electron chi connectivity index (χ3n) is 3.29. The van der Waals surface area contributed by atoms with Crippen LogP contribution in [0.3, 0.4) is 0 Å². The Hall–Kier alpha value is -1.43. The zero-order chi connectivity index (χ0) is 14.7. The van der Waals surface area contributed by atoms with Gasteiger partial charge in [0.15, 0.2) is 0 Å². The van der Waals surface area contributed by atoms with Gasteiger partial charge in [-0.1, -0.05) is 13.8 Å². The van der Waals surface area contributed by atoms with Crippen LogP contribution in [0.25, 0.3) is 0 Å². The summed E-state index contributed by atoms with van der Waals surface area (Å²) in [6.07, 6.45) is 0. The minimum absolute atomic E-state index is 0.0543. The fraction of sp³-hybridized carbons (Fsp3) is 0.462. The second-order valence-corrected chi connectivity index (χ2v) is 5.68. The van der Waals surface area contributed by atoms with Crippen molar-refractivity contribution in [2.24, 2.45) is 5.92 Å². The van der Waals surface area contributed by atoms with Crippen molar-refractivity contribution in [3.63, 3.8) is 0 Å². The molecule has 0 bridgehead atoms. The van der Waals surface area contributed by atoms with Gasteiger partial charge in [-0.15, -0.1) is 0 Å². The molecule has 0 aliphatic heterocycles. The Balaban J connectivity index is 3.12. The van der Waals surface area contributed by atoms with Crippen molar-refractivity contribution < 1.29 is 9.72 Å². The van der Waals surface area contributed by atoms with Gasteiger partial charge >= 0.3 is 0 Å². The van der Waals surface area contributed by atoms with Gasteiger partial charge in [0.1, 0.15) is 0 Å².